The summed E-state index contributed by atoms with van der Waals surface area (Å²) in [5.41, 5.74) is 0. The monoisotopic (exact) mass is 428 g/mol. The van der Waals surface area contributed by atoms with Crippen molar-refractivity contribution in [1.29, 1.82) is 0 Å². The zero-order chi connectivity index (χ0) is 21.8. The lowest BCUT2D eigenvalue weighted by molar-refractivity contribution is -0.138. The lowest BCUT2D eigenvalue weighted by atomic mass is 10.0. The molecule has 1 saturated heterocycles. The SMILES string of the molecule is O=CN1CCCCC(C(=O)NC2CC(=O)Oc3c(F)cc(F)c(F)c3OCC2=O)C1. The van der Waals surface area contributed by atoms with E-state index in [1.54, 1.807) is 0 Å². The molecule has 8 nitrogen and oxygen atoms in total. The van der Waals surface area contributed by atoms with Gasteiger partial charge in [0.05, 0.1) is 12.3 Å². The first-order valence-corrected chi connectivity index (χ1v) is 9.33. The van der Waals surface area contributed by atoms with Crippen molar-refractivity contribution in [2.45, 2.75) is 31.7 Å². The molecule has 2 aliphatic rings. The zero-order valence-electron chi connectivity index (χ0n) is 15.8. The molecular formula is C19H19F3N2O6. The van der Waals surface area contributed by atoms with Crippen molar-refractivity contribution in [2.24, 2.45) is 5.92 Å². The lowest BCUT2D eigenvalue weighted by Gasteiger charge is -2.22. The van der Waals surface area contributed by atoms with E-state index in [1.807, 2.05) is 0 Å². The summed E-state index contributed by atoms with van der Waals surface area (Å²) >= 11 is 0. The Labute approximate surface area is 169 Å². The van der Waals surface area contributed by atoms with Gasteiger partial charge < -0.3 is 19.7 Å². The Hall–Kier alpha value is -3.11. The highest BCUT2D eigenvalue weighted by Crippen LogP contribution is 2.36. The van der Waals surface area contributed by atoms with Crippen LogP contribution in [0, 0.1) is 23.4 Å². The molecule has 1 aromatic rings. The summed E-state index contributed by atoms with van der Waals surface area (Å²) in [5.74, 6) is -9.64. The van der Waals surface area contributed by atoms with Gasteiger partial charge in [-0.3, -0.25) is 19.2 Å². The van der Waals surface area contributed by atoms with E-state index in [0.717, 1.165) is 6.42 Å². The first-order valence-electron chi connectivity index (χ1n) is 9.33. The first-order chi connectivity index (χ1) is 14.3. The maximum absolute atomic E-state index is 14.0. The molecule has 1 N–H and O–H groups in total. The van der Waals surface area contributed by atoms with E-state index < -0.39 is 71.6 Å². The number of carbonyl (C=O) groups is 4. The summed E-state index contributed by atoms with van der Waals surface area (Å²) in [5, 5.41) is 2.43. The first kappa shape index (κ1) is 21.6. The molecule has 2 atom stereocenters. The molecule has 0 bridgehead atoms. The highest BCUT2D eigenvalue weighted by Gasteiger charge is 2.33. The number of hydrogen-bond acceptors (Lipinski definition) is 6. The van der Waals surface area contributed by atoms with Crippen LogP contribution in [0.2, 0.25) is 0 Å². The number of hydrogen-bond donors (Lipinski definition) is 1. The standard InChI is InChI=1S/C19H19F3N2O6/c20-11-5-12(21)17-18(16(11)22)29-8-14(26)13(6-15(27)30-17)23-19(28)10-3-1-2-4-24(7-10)9-25/h5,9-10,13H,1-4,6-8H2,(H,23,28). The average Bonchev–Trinajstić information content (AvgIpc) is 2.93. The minimum absolute atomic E-state index is 0.165. The minimum Gasteiger partial charge on any atom is -0.479 e. The zero-order valence-corrected chi connectivity index (χ0v) is 15.8. The predicted octanol–water partition coefficient (Wildman–Crippen LogP) is 1.10. The Morgan fingerprint density at radius 2 is 1.93 bits per heavy atom. The molecule has 11 heteroatoms. The van der Waals surface area contributed by atoms with Gasteiger partial charge in [0.2, 0.25) is 29.6 Å². The van der Waals surface area contributed by atoms with Gasteiger partial charge in [-0.2, -0.15) is 4.39 Å². The summed E-state index contributed by atoms with van der Waals surface area (Å²) in [6, 6.07) is -1.18. The number of esters is 1. The molecule has 0 saturated carbocycles. The second-order valence-electron chi connectivity index (χ2n) is 7.10. The molecule has 2 unspecified atom stereocenters. The quantitative estimate of drug-likeness (QED) is 0.335. The fourth-order valence-corrected chi connectivity index (χ4v) is 3.36. The summed E-state index contributed by atoms with van der Waals surface area (Å²) in [4.78, 5) is 49.7. The summed E-state index contributed by atoms with van der Waals surface area (Å²) in [6.07, 6.45) is 1.90. The van der Waals surface area contributed by atoms with Gasteiger partial charge in [-0.05, 0) is 12.8 Å². The lowest BCUT2D eigenvalue weighted by Crippen LogP contribution is -2.48. The van der Waals surface area contributed by atoms with Crippen LogP contribution >= 0.6 is 0 Å². The number of halogens is 3. The Morgan fingerprint density at radius 1 is 1.17 bits per heavy atom. The number of rotatable bonds is 3. The molecule has 0 radical (unpaired) electrons. The number of ether oxygens (including phenoxy) is 2. The van der Waals surface area contributed by atoms with Crippen molar-refractivity contribution >= 4 is 24.1 Å². The van der Waals surface area contributed by atoms with Crippen molar-refractivity contribution in [3.63, 3.8) is 0 Å². The van der Waals surface area contributed by atoms with Crippen molar-refractivity contribution in [3.05, 3.63) is 23.5 Å². The molecule has 1 fully saturated rings. The number of carbonyl (C=O) groups excluding carboxylic acids is 4. The molecule has 0 aliphatic carbocycles. The van der Waals surface area contributed by atoms with Crippen molar-refractivity contribution in [2.75, 3.05) is 19.7 Å². The molecule has 3 rings (SSSR count). The van der Waals surface area contributed by atoms with Gasteiger partial charge in [0.1, 0.15) is 12.6 Å². The summed E-state index contributed by atoms with van der Waals surface area (Å²) in [7, 11) is 0. The van der Waals surface area contributed by atoms with Crippen LogP contribution in [0.5, 0.6) is 11.5 Å². The molecule has 0 aromatic heterocycles. The highest BCUT2D eigenvalue weighted by molar-refractivity contribution is 5.94. The number of Topliss-reactive ketones (excluding diaryl/α,β-unsaturated/α-hetero) is 1. The largest absolute Gasteiger partial charge is 0.479 e. The molecule has 1 aromatic carbocycles. The maximum Gasteiger partial charge on any atom is 0.313 e. The average molecular weight is 428 g/mol. The van der Waals surface area contributed by atoms with E-state index in [9.17, 15) is 32.3 Å². The smallest absolute Gasteiger partial charge is 0.313 e. The number of fused-ring (bicyclic) bond motifs is 1. The topological polar surface area (TPSA) is 102 Å². The molecule has 2 amide bonds. The van der Waals surface area contributed by atoms with Gasteiger partial charge in [0, 0.05) is 19.2 Å². The van der Waals surface area contributed by atoms with Crippen LogP contribution in [0.3, 0.4) is 0 Å². The third kappa shape index (κ3) is 4.71. The van der Waals surface area contributed by atoms with Gasteiger partial charge in [0.25, 0.3) is 0 Å². The van der Waals surface area contributed by atoms with Crippen LogP contribution in [-0.2, 0) is 19.2 Å². The van der Waals surface area contributed by atoms with Crippen molar-refractivity contribution in [1.82, 2.24) is 10.2 Å². The van der Waals surface area contributed by atoms with E-state index in [1.165, 1.54) is 4.90 Å². The van der Waals surface area contributed by atoms with Crippen LogP contribution in [0.4, 0.5) is 13.2 Å². The highest BCUT2D eigenvalue weighted by atomic mass is 19.2. The Morgan fingerprint density at radius 3 is 2.67 bits per heavy atom. The third-order valence-electron chi connectivity index (χ3n) is 4.96. The van der Waals surface area contributed by atoms with Gasteiger partial charge in [-0.1, -0.05) is 6.42 Å². The Bertz CT molecular complexity index is 878. The number of nitrogens with one attached hydrogen (secondary N) is 1. The van der Waals surface area contributed by atoms with Crippen LogP contribution < -0.4 is 14.8 Å². The summed E-state index contributed by atoms with van der Waals surface area (Å²) < 4.78 is 51.0. The van der Waals surface area contributed by atoms with Gasteiger partial charge >= 0.3 is 5.97 Å². The number of likely N-dealkylation sites (tertiary alicyclic amines) is 1. The Balaban J connectivity index is 1.76. The maximum atomic E-state index is 14.0. The molecule has 162 valence electrons. The van der Waals surface area contributed by atoms with E-state index in [2.05, 4.69) is 5.32 Å². The predicted molar refractivity (Wildman–Crippen MR) is 94.0 cm³/mol. The van der Waals surface area contributed by atoms with E-state index in [4.69, 9.17) is 9.47 Å². The van der Waals surface area contributed by atoms with Crippen LogP contribution in [0.25, 0.3) is 0 Å². The van der Waals surface area contributed by atoms with Crippen LogP contribution in [0.1, 0.15) is 25.7 Å². The molecule has 30 heavy (non-hydrogen) atoms. The van der Waals surface area contributed by atoms with Gasteiger partial charge in [-0.15, -0.1) is 0 Å². The van der Waals surface area contributed by atoms with E-state index in [0.29, 0.717) is 25.8 Å². The number of nitrogens with zero attached hydrogens (tertiary/aromatic N) is 1. The normalized spacial score (nSPS) is 22.4. The third-order valence-corrected chi connectivity index (χ3v) is 4.96. The van der Waals surface area contributed by atoms with Gasteiger partial charge in [-0.25, -0.2) is 8.78 Å². The van der Waals surface area contributed by atoms with Crippen LogP contribution in [0.15, 0.2) is 6.07 Å². The second-order valence-corrected chi connectivity index (χ2v) is 7.10. The number of amides is 2. The minimum atomic E-state index is -1.61. The summed E-state index contributed by atoms with van der Waals surface area (Å²) in [6.45, 7) is -0.167. The number of benzene rings is 1. The Kier molecular flexibility index (Phi) is 6.58. The molecular weight excluding hydrogens is 409 g/mol. The van der Waals surface area contributed by atoms with E-state index in [-0.39, 0.29) is 12.6 Å². The van der Waals surface area contributed by atoms with Crippen molar-refractivity contribution in [3.8, 4) is 11.5 Å². The van der Waals surface area contributed by atoms with E-state index >= 15 is 0 Å². The molecule has 2 aliphatic heterocycles. The van der Waals surface area contributed by atoms with Crippen molar-refractivity contribution < 1.29 is 41.8 Å². The fraction of sp³-hybridized carbons (Fsp3) is 0.474. The second kappa shape index (κ2) is 9.14. The number of ketones is 1. The molecule has 2 heterocycles. The molecule has 0 spiro atoms. The fourth-order valence-electron chi connectivity index (χ4n) is 3.36. The van der Waals surface area contributed by atoms with Crippen LogP contribution in [-0.4, -0.2) is 54.7 Å². The van der Waals surface area contributed by atoms with Gasteiger partial charge in [0.15, 0.2) is 17.4 Å².